The number of hydrogen-bond acceptors (Lipinski definition) is 3. The summed E-state index contributed by atoms with van der Waals surface area (Å²) in [4.78, 5) is 13.7. The molecule has 0 aliphatic rings. The number of nitrogens with zero attached hydrogens (tertiary/aromatic N) is 4. The van der Waals surface area contributed by atoms with Gasteiger partial charge in [-0.1, -0.05) is 18.2 Å². The summed E-state index contributed by atoms with van der Waals surface area (Å²) in [5.41, 5.74) is 11.4. The normalized spacial score (nSPS) is 11.8. The summed E-state index contributed by atoms with van der Waals surface area (Å²) in [6, 6.07) is 8.76. The van der Waals surface area contributed by atoms with Crippen molar-refractivity contribution in [3.63, 3.8) is 0 Å². The predicted octanol–water partition coefficient (Wildman–Crippen LogP) is 3.28. The van der Waals surface area contributed by atoms with E-state index in [1.807, 2.05) is 17.8 Å². The second kappa shape index (κ2) is 8.19. The Balaban J connectivity index is 1.91. The minimum atomic E-state index is -0.273. The Hall–Kier alpha value is -2.60. The van der Waals surface area contributed by atoms with Crippen molar-refractivity contribution in [3.05, 3.63) is 53.0 Å². The van der Waals surface area contributed by atoms with E-state index in [9.17, 15) is 4.79 Å². The topological polar surface area (TPSA) is 69.1 Å². The molecule has 6 heteroatoms. The number of fused-ring (bicyclic) bond motifs is 1. The van der Waals surface area contributed by atoms with E-state index in [1.54, 1.807) is 0 Å². The van der Waals surface area contributed by atoms with Crippen LogP contribution in [0.3, 0.4) is 0 Å². The van der Waals surface area contributed by atoms with Crippen LogP contribution in [-0.2, 0) is 31.5 Å². The molecule has 3 aromatic rings. The molecule has 1 aromatic carbocycles. The molecule has 28 heavy (non-hydrogen) atoms. The molecule has 0 spiro atoms. The van der Waals surface area contributed by atoms with Crippen LogP contribution in [0.15, 0.2) is 30.5 Å². The summed E-state index contributed by atoms with van der Waals surface area (Å²) in [5.74, 6) is -0.273. The highest BCUT2D eigenvalue weighted by molar-refractivity contribution is 5.84. The fraction of sp³-hybridized carbons (Fsp3) is 0.455. The Labute approximate surface area is 166 Å². The van der Waals surface area contributed by atoms with Crippen LogP contribution in [0.1, 0.15) is 42.8 Å². The summed E-state index contributed by atoms with van der Waals surface area (Å²) < 4.78 is 4.10. The Morgan fingerprint density at radius 1 is 1.21 bits per heavy atom. The number of carbonyl (C=O) groups excluding carboxylic acids is 1. The Kier molecular flexibility index (Phi) is 5.89. The summed E-state index contributed by atoms with van der Waals surface area (Å²) in [5, 5.41) is 5.80. The van der Waals surface area contributed by atoms with Gasteiger partial charge in [0.1, 0.15) is 0 Å². The first-order valence-corrected chi connectivity index (χ1v) is 9.86. The van der Waals surface area contributed by atoms with Crippen LogP contribution in [0, 0.1) is 13.8 Å². The van der Waals surface area contributed by atoms with Gasteiger partial charge in [0.05, 0.1) is 5.69 Å². The van der Waals surface area contributed by atoms with Crippen LogP contribution in [0.25, 0.3) is 10.9 Å². The zero-order valence-corrected chi connectivity index (χ0v) is 17.6. The van der Waals surface area contributed by atoms with E-state index in [0.717, 1.165) is 24.3 Å². The van der Waals surface area contributed by atoms with E-state index in [-0.39, 0.29) is 5.91 Å². The van der Waals surface area contributed by atoms with Gasteiger partial charge in [-0.05, 0) is 39.3 Å². The molecule has 0 bridgehead atoms. The van der Waals surface area contributed by atoms with Crippen LogP contribution in [-0.4, -0.2) is 31.2 Å². The maximum Gasteiger partial charge on any atom is 0.219 e. The standard InChI is InChI=1S/C22H31N5O/c1-15(2)27(14-20-16(3)24-25(5)17(20)4)13-18-12-26(11-10-22(23)28)21-9-7-6-8-19(18)21/h6-9,12,15H,10-11,13-14H2,1-5H3,(H2,23,28). The van der Waals surface area contributed by atoms with Crippen LogP contribution in [0.4, 0.5) is 0 Å². The number of primary amides is 1. The minimum Gasteiger partial charge on any atom is -0.370 e. The number of para-hydroxylation sites is 1. The monoisotopic (exact) mass is 381 g/mol. The summed E-state index contributed by atoms with van der Waals surface area (Å²) in [6.45, 7) is 11.0. The predicted molar refractivity (Wildman–Crippen MR) is 113 cm³/mol. The van der Waals surface area contributed by atoms with Gasteiger partial charge >= 0.3 is 0 Å². The Morgan fingerprint density at radius 2 is 1.93 bits per heavy atom. The second-order valence-electron chi connectivity index (χ2n) is 7.85. The van der Waals surface area contributed by atoms with Gasteiger partial charge in [-0.25, -0.2) is 0 Å². The number of rotatable bonds is 8. The van der Waals surface area contributed by atoms with E-state index in [0.29, 0.717) is 19.0 Å². The first kappa shape index (κ1) is 20.1. The van der Waals surface area contributed by atoms with Crippen molar-refractivity contribution in [2.24, 2.45) is 12.8 Å². The quantitative estimate of drug-likeness (QED) is 0.651. The van der Waals surface area contributed by atoms with Crippen LogP contribution < -0.4 is 5.73 Å². The minimum absolute atomic E-state index is 0.273. The van der Waals surface area contributed by atoms with Gasteiger partial charge in [0, 0.05) is 67.5 Å². The van der Waals surface area contributed by atoms with E-state index in [4.69, 9.17) is 5.73 Å². The first-order valence-electron chi connectivity index (χ1n) is 9.86. The maximum atomic E-state index is 11.2. The highest BCUT2D eigenvalue weighted by atomic mass is 16.1. The van der Waals surface area contributed by atoms with E-state index >= 15 is 0 Å². The van der Waals surface area contributed by atoms with Crippen molar-refractivity contribution in [3.8, 4) is 0 Å². The molecule has 0 unspecified atom stereocenters. The second-order valence-corrected chi connectivity index (χ2v) is 7.85. The van der Waals surface area contributed by atoms with E-state index in [2.05, 4.69) is 66.7 Å². The van der Waals surface area contributed by atoms with Crippen molar-refractivity contribution in [1.82, 2.24) is 19.2 Å². The van der Waals surface area contributed by atoms with Crippen LogP contribution in [0.5, 0.6) is 0 Å². The SMILES string of the molecule is Cc1nn(C)c(C)c1CN(Cc1cn(CCC(N)=O)c2ccccc12)C(C)C. The fourth-order valence-electron chi connectivity index (χ4n) is 3.75. The average Bonchev–Trinajstić information content (AvgIpc) is 3.11. The van der Waals surface area contributed by atoms with Gasteiger partial charge in [0.25, 0.3) is 0 Å². The van der Waals surface area contributed by atoms with E-state index in [1.165, 1.54) is 22.2 Å². The zero-order valence-electron chi connectivity index (χ0n) is 17.6. The Morgan fingerprint density at radius 3 is 2.54 bits per heavy atom. The number of amides is 1. The molecule has 0 aliphatic carbocycles. The molecule has 6 nitrogen and oxygen atoms in total. The van der Waals surface area contributed by atoms with Gasteiger partial charge in [-0.2, -0.15) is 5.10 Å². The summed E-state index contributed by atoms with van der Waals surface area (Å²) in [7, 11) is 2.00. The molecule has 0 aliphatic heterocycles. The maximum absolute atomic E-state index is 11.2. The lowest BCUT2D eigenvalue weighted by Crippen LogP contribution is -2.30. The molecule has 0 radical (unpaired) electrons. The molecule has 0 saturated carbocycles. The highest BCUT2D eigenvalue weighted by Gasteiger charge is 2.19. The fourth-order valence-corrected chi connectivity index (χ4v) is 3.75. The van der Waals surface area contributed by atoms with Crippen LogP contribution in [0.2, 0.25) is 0 Å². The van der Waals surface area contributed by atoms with Crippen molar-refractivity contribution in [1.29, 1.82) is 0 Å². The Bertz CT molecular complexity index is 982. The number of aryl methyl sites for hydroxylation is 3. The molecular formula is C22H31N5O. The van der Waals surface area contributed by atoms with E-state index < -0.39 is 0 Å². The van der Waals surface area contributed by atoms with Crippen molar-refractivity contribution in [2.75, 3.05) is 0 Å². The molecule has 2 heterocycles. The lowest BCUT2D eigenvalue weighted by molar-refractivity contribution is -0.118. The molecule has 0 saturated heterocycles. The summed E-state index contributed by atoms with van der Waals surface area (Å²) >= 11 is 0. The molecule has 150 valence electrons. The smallest absolute Gasteiger partial charge is 0.219 e. The third kappa shape index (κ3) is 4.12. The highest BCUT2D eigenvalue weighted by Crippen LogP contribution is 2.25. The van der Waals surface area contributed by atoms with Crippen LogP contribution >= 0.6 is 0 Å². The average molecular weight is 382 g/mol. The van der Waals surface area contributed by atoms with Crippen molar-refractivity contribution in [2.45, 2.75) is 59.8 Å². The molecule has 3 rings (SSSR count). The molecule has 0 fully saturated rings. The number of hydrogen-bond donors (Lipinski definition) is 1. The number of nitrogens with two attached hydrogens (primary N) is 1. The van der Waals surface area contributed by atoms with Crippen molar-refractivity contribution < 1.29 is 4.79 Å². The summed E-state index contributed by atoms with van der Waals surface area (Å²) in [6.07, 6.45) is 2.52. The zero-order chi connectivity index (χ0) is 20.4. The number of aromatic nitrogens is 3. The molecule has 0 atom stereocenters. The lowest BCUT2D eigenvalue weighted by atomic mass is 10.1. The van der Waals surface area contributed by atoms with Gasteiger partial charge < -0.3 is 10.3 Å². The lowest BCUT2D eigenvalue weighted by Gasteiger charge is -2.26. The molecule has 2 aromatic heterocycles. The van der Waals surface area contributed by atoms with Crippen molar-refractivity contribution >= 4 is 16.8 Å². The van der Waals surface area contributed by atoms with Gasteiger partial charge in [0.2, 0.25) is 5.91 Å². The number of carbonyl (C=O) groups is 1. The largest absolute Gasteiger partial charge is 0.370 e. The first-order chi connectivity index (χ1) is 13.3. The third-order valence-electron chi connectivity index (χ3n) is 5.59. The number of benzene rings is 1. The van der Waals surface area contributed by atoms with Gasteiger partial charge in [-0.3, -0.25) is 14.4 Å². The molecule has 1 amide bonds. The molecule has 2 N–H and O–H groups in total. The molecular weight excluding hydrogens is 350 g/mol. The van der Waals surface area contributed by atoms with Gasteiger partial charge in [-0.15, -0.1) is 0 Å². The third-order valence-corrected chi connectivity index (χ3v) is 5.59. The van der Waals surface area contributed by atoms with Gasteiger partial charge in [0.15, 0.2) is 0 Å².